The summed E-state index contributed by atoms with van der Waals surface area (Å²) >= 11 is 6.61. The molecular weight excluding hydrogens is 362 g/mol. The van der Waals surface area contributed by atoms with Crippen LogP contribution in [0.1, 0.15) is 10.5 Å². The summed E-state index contributed by atoms with van der Waals surface area (Å²) < 4.78 is 1.59. The molecule has 2 rings (SSSR count). The number of halogens is 2. The number of benzene rings is 1. The number of pyridine rings is 1. The van der Waals surface area contributed by atoms with Crippen molar-refractivity contribution in [3.8, 4) is 0 Å². The first kappa shape index (κ1) is 13.0. The third-order valence-electron chi connectivity index (χ3n) is 2.20. The Kier molecular flexibility index (Phi) is 3.98. The van der Waals surface area contributed by atoms with E-state index in [4.69, 9.17) is 5.73 Å². The molecule has 1 heterocycles. The minimum absolute atomic E-state index is 0.284. The van der Waals surface area contributed by atoms with Crippen molar-refractivity contribution in [2.45, 2.75) is 0 Å². The van der Waals surface area contributed by atoms with Crippen LogP contribution in [0.5, 0.6) is 0 Å². The molecule has 1 amide bonds. The maximum absolute atomic E-state index is 11.9. The van der Waals surface area contributed by atoms with E-state index in [2.05, 4.69) is 42.2 Å². The smallest absolute Gasteiger partial charge is 0.274 e. The number of nitrogens with two attached hydrogens (primary N) is 1. The van der Waals surface area contributed by atoms with Gasteiger partial charge in [-0.3, -0.25) is 4.79 Å². The molecular formula is C12H9Br2N3O. The number of hydrogen-bond acceptors (Lipinski definition) is 3. The van der Waals surface area contributed by atoms with Gasteiger partial charge in [0.25, 0.3) is 5.91 Å². The Balaban J connectivity index is 2.21. The second kappa shape index (κ2) is 5.49. The minimum atomic E-state index is -0.284. The van der Waals surface area contributed by atoms with Crippen molar-refractivity contribution in [2.75, 3.05) is 11.1 Å². The molecule has 0 atom stereocenters. The Bertz CT molecular complexity index is 584. The Hall–Kier alpha value is -1.40. The summed E-state index contributed by atoms with van der Waals surface area (Å²) in [5.74, 6) is -0.284. The van der Waals surface area contributed by atoms with E-state index in [0.29, 0.717) is 17.1 Å². The van der Waals surface area contributed by atoms with E-state index in [-0.39, 0.29) is 5.91 Å². The normalized spacial score (nSPS) is 10.1. The topological polar surface area (TPSA) is 68.0 Å². The van der Waals surface area contributed by atoms with Crippen LogP contribution in [0.2, 0.25) is 0 Å². The second-order valence-corrected chi connectivity index (χ2v) is 5.33. The molecule has 0 saturated carbocycles. The molecule has 0 aliphatic heterocycles. The summed E-state index contributed by atoms with van der Waals surface area (Å²) in [6, 6.07) is 8.61. The van der Waals surface area contributed by atoms with Crippen LogP contribution >= 0.6 is 31.9 Å². The van der Waals surface area contributed by atoms with Gasteiger partial charge in [0.05, 0.1) is 5.69 Å². The number of aromatic nitrogens is 1. The summed E-state index contributed by atoms with van der Waals surface area (Å²) in [5, 5.41) is 2.74. The van der Waals surface area contributed by atoms with Crippen LogP contribution in [0.3, 0.4) is 0 Å². The summed E-state index contributed by atoms with van der Waals surface area (Å²) in [4.78, 5) is 16.0. The number of nitrogens with zero attached hydrogens (tertiary/aromatic N) is 1. The standard InChI is InChI=1S/C12H9Br2N3O/c13-7-1-4-10(16-6-7)12(18)17-11-5-8(15)2-3-9(11)14/h1-6H,15H2,(H,17,18). The van der Waals surface area contributed by atoms with Crippen LogP contribution in [0.25, 0.3) is 0 Å². The molecule has 0 saturated heterocycles. The van der Waals surface area contributed by atoms with Crippen LogP contribution < -0.4 is 11.1 Å². The maximum atomic E-state index is 11.9. The van der Waals surface area contributed by atoms with E-state index < -0.39 is 0 Å². The third kappa shape index (κ3) is 3.08. The van der Waals surface area contributed by atoms with Crippen LogP contribution in [0.15, 0.2) is 45.5 Å². The van der Waals surface area contributed by atoms with Gasteiger partial charge in [-0.15, -0.1) is 0 Å². The number of rotatable bonds is 2. The van der Waals surface area contributed by atoms with E-state index in [9.17, 15) is 4.79 Å². The number of nitrogens with one attached hydrogen (secondary N) is 1. The third-order valence-corrected chi connectivity index (χ3v) is 3.36. The molecule has 3 N–H and O–H groups in total. The van der Waals surface area contributed by atoms with E-state index >= 15 is 0 Å². The van der Waals surface area contributed by atoms with Crippen molar-refractivity contribution < 1.29 is 4.79 Å². The Labute approximate surface area is 121 Å². The van der Waals surface area contributed by atoms with Gasteiger partial charge in [0.15, 0.2) is 0 Å². The predicted octanol–water partition coefficient (Wildman–Crippen LogP) is 3.44. The molecule has 0 aliphatic carbocycles. The van der Waals surface area contributed by atoms with Crippen molar-refractivity contribution in [3.05, 3.63) is 51.2 Å². The summed E-state index contributed by atoms with van der Waals surface area (Å²) in [5.41, 5.74) is 7.20. The number of carbonyl (C=O) groups excluding carboxylic acids is 1. The molecule has 0 radical (unpaired) electrons. The lowest BCUT2D eigenvalue weighted by Crippen LogP contribution is -2.14. The fraction of sp³-hybridized carbons (Fsp3) is 0. The van der Waals surface area contributed by atoms with Crippen molar-refractivity contribution in [2.24, 2.45) is 0 Å². The SMILES string of the molecule is Nc1ccc(Br)c(NC(=O)c2ccc(Br)cn2)c1. The molecule has 1 aromatic carbocycles. The summed E-state index contributed by atoms with van der Waals surface area (Å²) in [7, 11) is 0. The Morgan fingerprint density at radius 1 is 1.22 bits per heavy atom. The van der Waals surface area contributed by atoms with E-state index in [1.807, 2.05) is 0 Å². The number of hydrogen-bond donors (Lipinski definition) is 2. The highest BCUT2D eigenvalue weighted by Gasteiger charge is 2.09. The first-order valence-electron chi connectivity index (χ1n) is 5.04. The van der Waals surface area contributed by atoms with Gasteiger partial charge in [-0.25, -0.2) is 4.98 Å². The Morgan fingerprint density at radius 2 is 2.00 bits per heavy atom. The fourth-order valence-corrected chi connectivity index (χ4v) is 1.92. The predicted molar refractivity (Wildman–Crippen MR) is 78.4 cm³/mol. The first-order chi connectivity index (χ1) is 8.56. The van der Waals surface area contributed by atoms with Crippen molar-refractivity contribution in [1.29, 1.82) is 0 Å². The number of anilines is 2. The number of amides is 1. The van der Waals surface area contributed by atoms with Gasteiger partial charge < -0.3 is 11.1 Å². The maximum Gasteiger partial charge on any atom is 0.274 e. The van der Waals surface area contributed by atoms with Crippen molar-refractivity contribution >= 4 is 49.1 Å². The summed E-state index contributed by atoms with van der Waals surface area (Å²) in [6.45, 7) is 0. The van der Waals surface area contributed by atoms with Gasteiger partial charge in [0.2, 0.25) is 0 Å². The second-order valence-electron chi connectivity index (χ2n) is 3.56. The molecule has 6 heteroatoms. The van der Waals surface area contributed by atoms with Crippen LogP contribution in [-0.4, -0.2) is 10.9 Å². The van der Waals surface area contributed by atoms with E-state index in [0.717, 1.165) is 8.95 Å². The largest absolute Gasteiger partial charge is 0.399 e. The van der Waals surface area contributed by atoms with Crippen LogP contribution in [0, 0.1) is 0 Å². The monoisotopic (exact) mass is 369 g/mol. The number of nitrogen functional groups attached to an aromatic ring is 1. The lowest BCUT2D eigenvalue weighted by Gasteiger charge is -2.07. The quantitative estimate of drug-likeness (QED) is 0.795. The minimum Gasteiger partial charge on any atom is -0.399 e. The first-order valence-corrected chi connectivity index (χ1v) is 6.63. The highest BCUT2D eigenvalue weighted by molar-refractivity contribution is 9.10. The highest BCUT2D eigenvalue weighted by Crippen LogP contribution is 2.25. The molecule has 0 unspecified atom stereocenters. The van der Waals surface area contributed by atoms with Gasteiger partial charge in [0, 0.05) is 20.8 Å². The zero-order valence-electron chi connectivity index (χ0n) is 9.15. The van der Waals surface area contributed by atoms with Gasteiger partial charge in [-0.05, 0) is 62.2 Å². The van der Waals surface area contributed by atoms with E-state index in [1.165, 1.54) is 0 Å². The van der Waals surface area contributed by atoms with Crippen LogP contribution in [0.4, 0.5) is 11.4 Å². The molecule has 18 heavy (non-hydrogen) atoms. The van der Waals surface area contributed by atoms with Gasteiger partial charge in [-0.1, -0.05) is 0 Å². The number of carbonyl (C=O) groups is 1. The fourth-order valence-electron chi connectivity index (χ4n) is 1.34. The molecule has 92 valence electrons. The highest BCUT2D eigenvalue weighted by atomic mass is 79.9. The Morgan fingerprint density at radius 3 is 2.67 bits per heavy atom. The zero-order chi connectivity index (χ0) is 13.1. The average molecular weight is 371 g/mol. The van der Waals surface area contributed by atoms with Crippen molar-refractivity contribution in [1.82, 2.24) is 4.98 Å². The van der Waals surface area contributed by atoms with Gasteiger partial charge in [-0.2, -0.15) is 0 Å². The average Bonchev–Trinajstić information content (AvgIpc) is 2.34. The van der Waals surface area contributed by atoms with Gasteiger partial charge in [0.1, 0.15) is 5.69 Å². The van der Waals surface area contributed by atoms with Crippen LogP contribution in [-0.2, 0) is 0 Å². The molecule has 2 aromatic rings. The molecule has 0 fully saturated rings. The lowest BCUT2D eigenvalue weighted by molar-refractivity contribution is 0.102. The lowest BCUT2D eigenvalue weighted by atomic mass is 10.2. The van der Waals surface area contributed by atoms with E-state index in [1.54, 1.807) is 36.5 Å². The van der Waals surface area contributed by atoms with Crippen molar-refractivity contribution in [3.63, 3.8) is 0 Å². The van der Waals surface area contributed by atoms with Gasteiger partial charge >= 0.3 is 0 Å². The molecule has 0 aliphatic rings. The molecule has 0 bridgehead atoms. The summed E-state index contributed by atoms with van der Waals surface area (Å²) in [6.07, 6.45) is 1.57. The molecule has 4 nitrogen and oxygen atoms in total. The molecule has 0 spiro atoms. The molecule has 1 aromatic heterocycles. The zero-order valence-corrected chi connectivity index (χ0v) is 12.3.